The summed E-state index contributed by atoms with van der Waals surface area (Å²) in [5.41, 5.74) is 1.42. The monoisotopic (exact) mass is 230 g/mol. The Hall–Kier alpha value is -1.35. The number of amides is 1. The summed E-state index contributed by atoms with van der Waals surface area (Å²) in [6.45, 7) is 0.819. The number of hydrogen-bond acceptors (Lipinski definition) is 2. The van der Waals surface area contributed by atoms with Gasteiger partial charge in [0.05, 0.1) is 0 Å². The van der Waals surface area contributed by atoms with Crippen LogP contribution in [0.4, 0.5) is 0 Å². The van der Waals surface area contributed by atoms with Crippen LogP contribution >= 0.6 is 0 Å². The van der Waals surface area contributed by atoms with Crippen molar-refractivity contribution in [1.82, 2.24) is 10.6 Å². The molecule has 1 heterocycles. The molecule has 1 aliphatic carbocycles. The Labute approximate surface area is 102 Å². The summed E-state index contributed by atoms with van der Waals surface area (Å²) in [4.78, 5) is 11.3. The van der Waals surface area contributed by atoms with E-state index in [2.05, 4.69) is 41.0 Å². The van der Waals surface area contributed by atoms with Gasteiger partial charge in [0.15, 0.2) is 0 Å². The van der Waals surface area contributed by atoms with Gasteiger partial charge in [0.2, 0.25) is 5.91 Å². The lowest BCUT2D eigenvalue weighted by Crippen LogP contribution is -2.44. The van der Waals surface area contributed by atoms with E-state index in [-0.39, 0.29) is 5.91 Å². The van der Waals surface area contributed by atoms with E-state index in [0.717, 1.165) is 13.0 Å². The molecule has 1 amide bonds. The standard InChI is InChI=1S/C14H18N2O/c17-14-8-11(6-7-15-14)16-13-9-12(13)10-4-2-1-3-5-10/h1-5,11-13,16H,6-9H2,(H,15,17)/t11?,12-,13+/m0/s1. The first-order valence-electron chi connectivity index (χ1n) is 6.40. The zero-order valence-electron chi connectivity index (χ0n) is 9.86. The van der Waals surface area contributed by atoms with Crippen LogP contribution < -0.4 is 10.6 Å². The van der Waals surface area contributed by atoms with E-state index >= 15 is 0 Å². The minimum atomic E-state index is 0.186. The van der Waals surface area contributed by atoms with Gasteiger partial charge >= 0.3 is 0 Å². The van der Waals surface area contributed by atoms with Gasteiger partial charge in [-0.3, -0.25) is 4.79 Å². The van der Waals surface area contributed by atoms with E-state index in [1.54, 1.807) is 0 Å². The highest BCUT2D eigenvalue weighted by Gasteiger charge is 2.39. The van der Waals surface area contributed by atoms with Gasteiger partial charge in [0.1, 0.15) is 0 Å². The Morgan fingerprint density at radius 3 is 2.82 bits per heavy atom. The third-order valence-electron chi connectivity index (χ3n) is 3.71. The number of hydrogen-bond donors (Lipinski definition) is 2. The second-order valence-electron chi connectivity index (χ2n) is 5.07. The summed E-state index contributed by atoms with van der Waals surface area (Å²) in [7, 11) is 0. The van der Waals surface area contributed by atoms with E-state index in [9.17, 15) is 4.79 Å². The van der Waals surface area contributed by atoms with Crippen LogP contribution in [-0.4, -0.2) is 24.5 Å². The van der Waals surface area contributed by atoms with Gasteiger partial charge in [-0.1, -0.05) is 30.3 Å². The summed E-state index contributed by atoms with van der Waals surface area (Å²) in [6, 6.07) is 11.6. The van der Waals surface area contributed by atoms with Crippen molar-refractivity contribution in [3.05, 3.63) is 35.9 Å². The smallest absolute Gasteiger partial charge is 0.221 e. The number of nitrogens with one attached hydrogen (secondary N) is 2. The lowest BCUT2D eigenvalue weighted by Gasteiger charge is -2.23. The average molecular weight is 230 g/mol. The van der Waals surface area contributed by atoms with Crippen molar-refractivity contribution in [3.8, 4) is 0 Å². The van der Waals surface area contributed by atoms with Crippen molar-refractivity contribution in [3.63, 3.8) is 0 Å². The third kappa shape index (κ3) is 2.50. The fraction of sp³-hybridized carbons (Fsp3) is 0.500. The molecule has 3 atom stereocenters. The van der Waals surface area contributed by atoms with Gasteiger partial charge in [-0.2, -0.15) is 0 Å². The Balaban J connectivity index is 1.54. The van der Waals surface area contributed by atoms with Gasteiger partial charge in [0.25, 0.3) is 0 Å². The third-order valence-corrected chi connectivity index (χ3v) is 3.71. The maximum absolute atomic E-state index is 11.3. The normalized spacial score (nSPS) is 32.0. The number of carbonyl (C=O) groups excluding carboxylic acids is 1. The van der Waals surface area contributed by atoms with Crippen molar-refractivity contribution < 1.29 is 4.79 Å². The summed E-state index contributed by atoms with van der Waals surface area (Å²) in [5.74, 6) is 0.840. The highest BCUT2D eigenvalue weighted by atomic mass is 16.1. The molecule has 0 bridgehead atoms. The van der Waals surface area contributed by atoms with Crippen LogP contribution in [0.5, 0.6) is 0 Å². The molecule has 3 rings (SSSR count). The molecular formula is C14H18N2O. The molecule has 2 fully saturated rings. The van der Waals surface area contributed by atoms with Crippen LogP contribution in [0.1, 0.15) is 30.7 Å². The second-order valence-corrected chi connectivity index (χ2v) is 5.07. The first-order chi connectivity index (χ1) is 8.33. The number of carbonyl (C=O) groups is 1. The largest absolute Gasteiger partial charge is 0.356 e. The highest BCUT2D eigenvalue weighted by molar-refractivity contribution is 5.77. The molecular weight excluding hydrogens is 212 g/mol. The molecule has 0 aromatic heterocycles. The fourth-order valence-electron chi connectivity index (χ4n) is 2.68. The molecule has 90 valence electrons. The number of benzene rings is 1. The first-order valence-corrected chi connectivity index (χ1v) is 6.40. The Morgan fingerprint density at radius 1 is 1.24 bits per heavy atom. The molecule has 2 aliphatic rings. The number of rotatable bonds is 3. The van der Waals surface area contributed by atoms with E-state index in [1.165, 1.54) is 12.0 Å². The van der Waals surface area contributed by atoms with E-state index in [1.807, 2.05) is 0 Å². The van der Waals surface area contributed by atoms with Crippen LogP contribution in [0.15, 0.2) is 30.3 Å². The molecule has 1 aliphatic heterocycles. The van der Waals surface area contributed by atoms with Crippen LogP contribution in [0.2, 0.25) is 0 Å². The quantitative estimate of drug-likeness (QED) is 0.824. The van der Waals surface area contributed by atoms with Crippen LogP contribution in [0, 0.1) is 0 Å². The molecule has 1 saturated carbocycles. The van der Waals surface area contributed by atoms with Crippen LogP contribution in [0.3, 0.4) is 0 Å². The lowest BCUT2D eigenvalue weighted by atomic mass is 10.1. The van der Waals surface area contributed by atoms with Crippen molar-refractivity contribution in [2.24, 2.45) is 0 Å². The van der Waals surface area contributed by atoms with Crippen molar-refractivity contribution in [1.29, 1.82) is 0 Å². The van der Waals surface area contributed by atoms with Gasteiger partial charge in [-0.05, 0) is 18.4 Å². The summed E-state index contributed by atoms with van der Waals surface area (Å²) in [5, 5.41) is 6.48. The molecule has 0 radical (unpaired) electrons. The van der Waals surface area contributed by atoms with Gasteiger partial charge in [-0.25, -0.2) is 0 Å². The van der Waals surface area contributed by atoms with E-state index in [0.29, 0.717) is 24.4 Å². The minimum absolute atomic E-state index is 0.186. The van der Waals surface area contributed by atoms with Gasteiger partial charge in [-0.15, -0.1) is 0 Å². The predicted molar refractivity (Wildman–Crippen MR) is 66.8 cm³/mol. The number of piperidine rings is 1. The molecule has 2 N–H and O–H groups in total. The van der Waals surface area contributed by atoms with E-state index < -0.39 is 0 Å². The maximum Gasteiger partial charge on any atom is 0.221 e. The average Bonchev–Trinajstić information content (AvgIpc) is 3.10. The van der Waals surface area contributed by atoms with E-state index in [4.69, 9.17) is 0 Å². The first kappa shape index (κ1) is 10.8. The molecule has 17 heavy (non-hydrogen) atoms. The summed E-state index contributed by atoms with van der Waals surface area (Å²) < 4.78 is 0. The van der Waals surface area contributed by atoms with Crippen molar-refractivity contribution in [2.75, 3.05) is 6.54 Å². The van der Waals surface area contributed by atoms with Crippen molar-refractivity contribution in [2.45, 2.75) is 37.3 Å². The topological polar surface area (TPSA) is 41.1 Å². The predicted octanol–water partition coefficient (Wildman–Crippen LogP) is 1.41. The Morgan fingerprint density at radius 2 is 2.06 bits per heavy atom. The minimum Gasteiger partial charge on any atom is -0.356 e. The Kier molecular flexibility index (Phi) is 2.85. The van der Waals surface area contributed by atoms with Crippen LogP contribution in [-0.2, 0) is 4.79 Å². The Bertz CT molecular complexity index is 404. The fourth-order valence-corrected chi connectivity index (χ4v) is 2.68. The summed E-state index contributed by atoms with van der Waals surface area (Å²) in [6.07, 6.45) is 2.91. The second kappa shape index (κ2) is 4.49. The maximum atomic E-state index is 11.3. The molecule has 1 unspecified atom stereocenters. The van der Waals surface area contributed by atoms with Crippen LogP contribution in [0.25, 0.3) is 0 Å². The zero-order valence-corrected chi connectivity index (χ0v) is 9.86. The van der Waals surface area contributed by atoms with Gasteiger partial charge < -0.3 is 10.6 Å². The summed E-state index contributed by atoms with van der Waals surface area (Å²) >= 11 is 0. The van der Waals surface area contributed by atoms with Gasteiger partial charge in [0, 0.05) is 31.0 Å². The molecule has 3 heteroatoms. The lowest BCUT2D eigenvalue weighted by molar-refractivity contribution is -0.122. The molecule has 3 nitrogen and oxygen atoms in total. The van der Waals surface area contributed by atoms with Crippen molar-refractivity contribution >= 4 is 5.91 Å². The SMILES string of the molecule is O=C1CC(N[C@@H]2C[C@H]2c2ccccc2)CCN1. The molecule has 1 aromatic rings. The molecule has 0 spiro atoms. The molecule has 1 saturated heterocycles. The highest BCUT2D eigenvalue weighted by Crippen LogP contribution is 2.41. The zero-order chi connectivity index (χ0) is 11.7. The molecule has 1 aromatic carbocycles.